The van der Waals surface area contributed by atoms with Gasteiger partial charge in [0.1, 0.15) is 6.10 Å². The van der Waals surface area contributed by atoms with Crippen LogP contribution in [-0.2, 0) is 15.1 Å². The summed E-state index contributed by atoms with van der Waals surface area (Å²) in [5.41, 5.74) is 0.574. The van der Waals surface area contributed by atoms with Crippen LogP contribution in [-0.4, -0.2) is 32.5 Å². The Kier molecular flexibility index (Phi) is 4.46. The number of benzene rings is 1. The number of nitrogens with zero attached hydrogens (tertiary/aromatic N) is 1. The van der Waals surface area contributed by atoms with E-state index in [4.69, 9.17) is 14.2 Å². The Balaban J connectivity index is 1.87. The van der Waals surface area contributed by atoms with Gasteiger partial charge in [-0.3, -0.25) is 0 Å². The minimum atomic E-state index is -0.421. The number of hydrogen-bond donors (Lipinski definition) is 0. The molecule has 5 heteroatoms. The maximum absolute atomic E-state index is 10.7. The molecule has 0 spiro atoms. The molecule has 22 heavy (non-hydrogen) atoms. The van der Waals surface area contributed by atoms with Crippen LogP contribution < -0.4 is 9.47 Å². The van der Waals surface area contributed by atoms with Crippen molar-refractivity contribution in [2.75, 3.05) is 20.3 Å². The molecule has 1 unspecified atom stereocenters. The maximum Gasteiger partial charge on any atom is 0.235 e. The van der Waals surface area contributed by atoms with E-state index in [0.29, 0.717) is 18.1 Å². The normalized spacial score (nSPS) is 23.0. The van der Waals surface area contributed by atoms with Crippen LogP contribution in [0.25, 0.3) is 0 Å². The summed E-state index contributed by atoms with van der Waals surface area (Å²) in [6.45, 7) is 1.40. The molecular formula is C17H21NO4. The number of isocyanates is 1. The molecule has 0 bridgehead atoms. The van der Waals surface area contributed by atoms with Crippen molar-refractivity contribution in [1.29, 1.82) is 0 Å². The largest absolute Gasteiger partial charge is 0.493 e. The smallest absolute Gasteiger partial charge is 0.235 e. The molecule has 118 valence electrons. The quantitative estimate of drug-likeness (QED) is 0.620. The van der Waals surface area contributed by atoms with Crippen molar-refractivity contribution in [3.05, 3.63) is 23.8 Å². The first-order chi connectivity index (χ1) is 10.8. The van der Waals surface area contributed by atoms with Crippen molar-refractivity contribution in [2.45, 2.75) is 43.7 Å². The summed E-state index contributed by atoms with van der Waals surface area (Å²) >= 11 is 0. The first-order valence-corrected chi connectivity index (χ1v) is 7.79. The molecule has 1 aromatic carbocycles. The number of methoxy groups -OCH3 is 1. The van der Waals surface area contributed by atoms with Gasteiger partial charge in [-0.2, -0.15) is 4.99 Å². The van der Waals surface area contributed by atoms with Crippen LogP contribution in [0.3, 0.4) is 0 Å². The van der Waals surface area contributed by atoms with Crippen LogP contribution in [0.2, 0.25) is 0 Å². The highest BCUT2D eigenvalue weighted by Gasteiger charge is 2.39. The molecule has 1 saturated carbocycles. The number of carbonyl (C=O) groups excluding carboxylic acids is 1. The van der Waals surface area contributed by atoms with E-state index in [0.717, 1.165) is 44.3 Å². The second kappa shape index (κ2) is 6.51. The fourth-order valence-electron chi connectivity index (χ4n) is 3.11. The zero-order valence-corrected chi connectivity index (χ0v) is 12.8. The fraction of sp³-hybridized carbons (Fsp3) is 0.588. The summed E-state index contributed by atoms with van der Waals surface area (Å²) in [5, 5.41) is 0. The van der Waals surface area contributed by atoms with Crippen LogP contribution in [0.1, 0.15) is 37.7 Å². The summed E-state index contributed by atoms with van der Waals surface area (Å²) in [6, 6.07) is 5.80. The molecule has 1 saturated heterocycles. The Morgan fingerprint density at radius 1 is 1.32 bits per heavy atom. The van der Waals surface area contributed by atoms with E-state index in [1.54, 1.807) is 13.2 Å². The molecule has 1 aliphatic heterocycles. The van der Waals surface area contributed by atoms with Crippen LogP contribution in [0.4, 0.5) is 0 Å². The predicted molar refractivity (Wildman–Crippen MR) is 81.1 cm³/mol. The number of hydrogen-bond acceptors (Lipinski definition) is 5. The van der Waals surface area contributed by atoms with Gasteiger partial charge in [-0.05, 0) is 49.8 Å². The molecule has 1 atom stereocenters. The first-order valence-electron chi connectivity index (χ1n) is 7.79. The molecule has 0 aromatic heterocycles. The van der Waals surface area contributed by atoms with E-state index in [1.807, 2.05) is 18.2 Å². The van der Waals surface area contributed by atoms with E-state index in [1.165, 1.54) is 0 Å². The van der Waals surface area contributed by atoms with Gasteiger partial charge in [0.15, 0.2) is 11.5 Å². The average Bonchev–Trinajstić information content (AvgIpc) is 2.52. The highest BCUT2D eigenvalue weighted by atomic mass is 16.5. The summed E-state index contributed by atoms with van der Waals surface area (Å²) in [4.78, 5) is 14.8. The van der Waals surface area contributed by atoms with Gasteiger partial charge in [0, 0.05) is 6.61 Å². The van der Waals surface area contributed by atoms with E-state index in [-0.39, 0.29) is 6.10 Å². The fourth-order valence-corrected chi connectivity index (χ4v) is 3.11. The Labute approximate surface area is 130 Å². The summed E-state index contributed by atoms with van der Waals surface area (Å²) in [6.07, 6.45) is 6.58. The Hall–Kier alpha value is -1.84. The lowest BCUT2D eigenvalue weighted by Crippen LogP contribution is -2.32. The molecule has 2 fully saturated rings. The van der Waals surface area contributed by atoms with E-state index in [2.05, 4.69) is 4.99 Å². The Bertz CT molecular complexity index is 570. The van der Waals surface area contributed by atoms with Crippen molar-refractivity contribution in [2.24, 2.45) is 4.99 Å². The molecule has 1 aliphatic carbocycles. The molecule has 0 radical (unpaired) electrons. The van der Waals surface area contributed by atoms with Crippen LogP contribution in [0, 0.1) is 0 Å². The average molecular weight is 303 g/mol. The van der Waals surface area contributed by atoms with Crippen molar-refractivity contribution in [3.63, 3.8) is 0 Å². The highest BCUT2D eigenvalue weighted by molar-refractivity contribution is 5.47. The minimum absolute atomic E-state index is 0.0461. The van der Waals surface area contributed by atoms with Gasteiger partial charge in [-0.25, -0.2) is 4.79 Å². The van der Waals surface area contributed by atoms with E-state index >= 15 is 0 Å². The SMILES string of the molecule is COc1ccc(C2(N=C=O)CCC2)cc1OC1CCCOC1. The lowest BCUT2D eigenvalue weighted by Gasteiger charge is -2.37. The lowest BCUT2D eigenvalue weighted by molar-refractivity contribution is 0.00634. The van der Waals surface area contributed by atoms with Gasteiger partial charge >= 0.3 is 0 Å². The van der Waals surface area contributed by atoms with Gasteiger partial charge in [0.25, 0.3) is 0 Å². The van der Waals surface area contributed by atoms with Gasteiger partial charge in [-0.1, -0.05) is 6.07 Å². The lowest BCUT2D eigenvalue weighted by atomic mass is 9.72. The second-order valence-corrected chi connectivity index (χ2v) is 5.91. The third kappa shape index (κ3) is 2.87. The van der Waals surface area contributed by atoms with E-state index < -0.39 is 5.54 Å². The highest BCUT2D eigenvalue weighted by Crippen LogP contribution is 2.46. The predicted octanol–water partition coefficient (Wildman–Crippen LogP) is 2.97. The van der Waals surface area contributed by atoms with Crippen LogP contribution >= 0.6 is 0 Å². The molecular weight excluding hydrogens is 282 g/mol. The third-order valence-electron chi connectivity index (χ3n) is 4.55. The van der Waals surface area contributed by atoms with Crippen molar-refractivity contribution in [3.8, 4) is 11.5 Å². The number of rotatable bonds is 5. The third-order valence-corrected chi connectivity index (χ3v) is 4.55. The maximum atomic E-state index is 10.7. The van der Waals surface area contributed by atoms with Gasteiger partial charge in [-0.15, -0.1) is 0 Å². The van der Waals surface area contributed by atoms with Gasteiger partial charge < -0.3 is 14.2 Å². The Morgan fingerprint density at radius 2 is 2.18 bits per heavy atom. The summed E-state index contributed by atoms with van der Waals surface area (Å²) in [5.74, 6) is 1.39. The second-order valence-electron chi connectivity index (χ2n) is 5.91. The molecule has 2 aliphatic rings. The monoisotopic (exact) mass is 303 g/mol. The molecule has 3 rings (SSSR count). The molecule has 1 aromatic rings. The first kappa shape index (κ1) is 15.1. The zero-order valence-electron chi connectivity index (χ0n) is 12.8. The van der Waals surface area contributed by atoms with Gasteiger partial charge in [0.2, 0.25) is 6.08 Å². The Morgan fingerprint density at radius 3 is 2.77 bits per heavy atom. The van der Waals surface area contributed by atoms with Crippen molar-refractivity contribution >= 4 is 6.08 Å². The van der Waals surface area contributed by atoms with Gasteiger partial charge in [0.05, 0.1) is 19.3 Å². The van der Waals surface area contributed by atoms with Crippen LogP contribution in [0.5, 0.6) is 11.5 Å². The standard InChI is InChI=1S/C17H21NO4/c1-20-15-6-5-13(17(18-12-19)7-3-8-17)10-16(15)22-14-4-2-9-21-11-14/h5-6,10,14H,2-4,7-9,11H2,1H3. The van der Waals surface area contributed by atoms with Crippen molar-refractivity contribution < 1.29 is 19.0 Å². The summed E-state index contributed by atoms with van der Waals surface area (Å²) in [7, 11) is 1.63. The van der Waals surface area contributed by atoms with Crippen molar-refractivity contribution in [1.82, 2.24) is 0 Å². The topological polar surface area (TPSA) is 57.1 Å². The number of ether oxygens (including phenoxy) is 3. The molecule has 0 amide bonds. The number of aliphatic imine (C=N–C) groups is 1. The molecule has 5 nitrogen and oxygen atoms in total. The minimum Gasteiger partial charge on any atom is -0.493 e. The summed E-state index contributed by atoms with van der Waals surface area (Å²) < 4.78 is 16.9. The molecule has 0 N–H and O–H groups in total. The van der Waals surface area contributed by atoms with Crippen LogP contribution in [0.15, 0.2) is 23.2 Å². The molecule has 1 heterocycles. The zero-order chi connectivity index (χ0) is 15.4. The van der Waals surface area contributed by atoms with E-state index in [9.17, 15) is 4.79 Å².